The first-order valence-electron chi connectivity index (χ1n) is 5.69. The first kappa shape index (κ1) is 9.96. The van der Waals surface area contributed by atoms with Crippen molar-refractivity contribution in [2.45, 2.75) is 43.9 Å². The summed E-state index contributed by atoms with van der Waals surface area (Å²) in [6, 6.07) is 0.559. The molecule has 3 rings (SSSR count). The van der Waals surface area contributed by atoms with Crippen molar-refractivity contribution in [3.8, 4) is 0 Å². The number of aromatic nitrogens is 2. The van der Waals surface area contributed by atoms with E-state index < -0.39 is 5.82 Å². The smallest absolute Gasteiger partial charge is 0.226 e. The SMILES string of the molecule is OC1CCC1N(c1ncc(F)cn1)C1CC1. The molecule has 0 bridgehead atoms. The van der Waals surface area contributed by atoms with Gasteiger partial charge in [0.1, 0.15) is 0 Å². The summed E-state index contributed by atoms with van der Waals surface area (Å²) in [6.07, 6.45) is 6.13. The molecule has 0 radical (unpaired) electrons. The van der Waals surface area contributed by atoms with Crippen LogP contribution in [0, 0.1) is 5.82 Å². The number of halogens is 1. The lowest BCUT2D eigenvalue weighted by atomic mass is 9.88. The first-order valence-corrected chi connectivity index (χ1v) is 5.69. The molecule has 0 amide bonds. The number of hydrogen-bond donors (Lipinski definition) is 1. The number of anilines is 1. The van der Waals surface area contributed by atoms with Gasteiger partial charge in [-0.05, 0) is 25.7 Å². The Hall–Kier alpha value is -1.23. The van der Waals surface area contributed by atoms with Gasteiger partial charge in [-0.2, -0.15) is 0 Å². The number of rotatable bonds is 3. The summed E-state index contributed by atoms with van der Waals surface area (Å²) in [5.41, 5.74) is 0. The maximum Gasteiger partial charge on any atom is 0.226 e. The average molecular weight is 223 g/mol. The zero-order valence-electron chi connectivity index (χ0n) is 8.88. The molecule has 0 spiro atoms. The molecule has 0 aliphatic heterocycles. The van der Waals surface area contributed by atoms with Crippen LogP contribution in [-0.4, -0.2) is 33.3 Å². The summed E-state index contributed by atoms with van der Waals surface area (Å²) in [4.78, 5) is 10.1. The van der Waals surface area contributed by atoms with Crippen LogP contribution in [0.2, 0.25) is 0 Å². The standard InChI is InChI=1S/C11H14FN3O/c12-7-5-13-11(14-6-7)15(8-1-2-8)9-3-4-10(9)16/h5-6,8-10,16H,1-4H2. The van der Waals surface area contributed by atoms with Gasteiger partial charge in [0.05, 0.1) is 24.5 Å². The van der Waals surface area contributed by atoms with Gasteiger partial charge in [0.2, 0.25) is 5.95 Å². The van der Waals surface area contributed by atoms with E-state index in [4.69, 9.17) is 0 Å². The fourth-order valence-electron chi connectivity index (χ4n) is 2.16. The fourth-order valence-corrected chi connectivity index (χ4v) is 2.16. The molecule has 4 nitrogen and oxygen atoms in total. The Kier molecular flexibility index (Phi) is 2.28. The van der Waals surface area contributed by atoms with Crippen LogP contribution in [0.1, 0.15) is 25.7 Å². The van der Waals surface area contributed by atoms with Crippen LogP contribution < -0.4 is 4.90 Å². The fraction of sp³-hybridized carbons (Fsp3) is 0.636. The van der Waals surface area contributed by atoms with E-state index in [-0.39, 0.29) is 12.1 Å². The third kappa shape index (κ3) is 1.65. The van der Waals surface area contributed by atoms with Crippen LogP contribution in [0.4, 0.5) is 10.3 Å². The van der Waals surface area contributed by atoms with Gasteiger partial charge in [0.15, 0.2) is 5.82 Å². The average Bonchev–Trinajstić information content (AvgIpc) is 3.09. The monoisotopic (exact) mass is 223 g/mol. The van der Waals surface area contributed by atoms with Crippen LogP contribution >= 0.6 is 0 Å². The molecule has 0 aromatic carbocycles. The summed E-state index contributed by atoms with van der Waals surface area (Å²) in [5, 5.41) is 9.70. The lowest BCUT2D eigenvalue weighted by Crippen LogP contribution is -2.52. The second-order valence-electron chi connectivity index (χ2n) is 4.55. The highest BCUT2D eigenvalue weighted by Gasteiger charge is 2.42. The van der Waals surface area contributed by atoms with Crippen molar-refractivity contribution in [2.24, 2.45) is 0 Å². The van der Waals surface area contributed by atoms with E-state index in [2.05, 4.69) is 14.9 Å². The maximum absolute atomic E-state index is 12.7. The highest BCUT2D eigenvalue weighted by molar-refractivity contribution is 5.37. The van der Waals surface area contributed by atoms with E-state index in [0.717, 1.165) is 25.7 Å². The molecule has 2 atom stereocenters. The van der Waals surface area contributed by atoms with Crippen molar-refractivity contribution in [2.75, 3.05) is 4.90 Å². The molecule has 5 heteroatoms. The van der Waals surface area contributed by atoms with Crippen molar-refractivity contribution in [3.63, 3.8) is 0 Å². The van der Waals surface area contributed by atoms with Crippen LogP contribution in [-0.2, 0) is 0 Å². The first-order chi connectivity index (χ1) is 7.75. The molecule has 1 heterocycles. The third-order valence-corrected chi connectivity index (χ3v) is 3.34. The summed E-state index contributed by atoms with van der Waals surface area (Å²) in [5.74, 6) is 0.126. The quantitative estimate of drug-likeness (QED) is 0.834. The van der Waals surface area contributed by atoms with Gasteiger partial charge < -0.3 is 10.0 Å². The van der Waals surface area contributed by atoms with Gasteiger partial charge in [0.25, 0.3) is 0 Å². The number of hydrogen-bond acceptors (Lipinski definition) is 4. The summed E-state index contributed by atoms with van der Waals surface area (Å²) in [6.45, 7) is 0. The van der Waals surface area contributed by atoms with E-state index >= 15 is 0 Å². The van der Waals surface area contributed by atoms with E-state index in [9.17, 15) is 9.50 Å². The Labute approximate surface area is 93.1 Å². The molecule has 0 saturated heterocycles. The van der Waals surface area contributed by atoms with E-state index in [1.54, 1.807) is 0 Å². The van der Waals surface area contributed by atoms with Crippen molar-refractivity contribution in [1.82, 2.24) is 9.97 Å². The summed E-state index contributed by atoms with van der Waals surface area (Å²) < 4.78 is 12.7. The Morgan fingerprint density at radius 3 is 2.31 bits per heavy atom. The van der Waals surface area contributed by atoms with Crippen molar-refractivity contribution in [3.05, 3.63) is 18.2 Å². The van der Waals surface area contributed by atoms with Crippen LogP contribution in [0.3, 0.4) is 0 Å². The highest BCUT2D eigenvalue weighted by Crippen LogP contribution is 2.37. The topological polar surface area (TPSA) is 49.2 Å². The molecule has 2 aliphatic rings. The molecule has 16 heavy (non-hydrogen) atoms. The molecular weight excluding hydrogens is 209 g/mol. The Bertz CT molecular complexity index is 379. The molecule has 1 aromatic rings. The van der Waals surface area contributed by atoms with Gasteiger partial charge >= 0.3 is 0 Å². The zero-order valence-corrected chi connectivity index (χ0v) is 8.88. The van der Waals surface area contributed by atoms with Gasteiger partial charge in [-0.1, -0.05) is 0 Å². The summed E-state index contributed by atoms with van der Waals surface area (Å²) in [7, 11) is 0. The minimum Gasteiger partial charge on any atom is -0.391 e. The van der Waals surface area contributed by atoms with Crippen molar-refractivity contribution >= 4 is 5.95 Å². The normalized spacial score (nSPS) is 28.6. The number of aliphatic hydroxyl groups is 1. The third-order valence-electron chi connectivity index (χ3n) is 3.34. The van der Waals surface area contributed by atoms with Crippen LogP contribution in [0.5, 0.6) is 0 Å². The predicted molar refractivity (Wildman–Crippen MR) is 56.5 cm³/mol. The van der Waals surface area contributed by atoms with E-state index in [1.165, 1.54) is 12.4 Å². The largest absolute Gasteiger partial charge is 0.391 e. The van der Waals surface area contributed by atoms with Crippen LogP contribution in [0.25, 0.3) is 0 Å². The maximum atomic E-state index is 12.7. The van der Waals surface area contributed by atoms with Gasteiger partial charge in [0, 0.05) is 6.04 Å². The number of nitrogens with zero attached hydrogens (tertiary/aromatic N) is 3. The molecule has 2 fully saturated rings. The van der Waals surface area contributed by atoms with Crippen LogP contribution in [0.15, 0.2) is 12.4 Å². The molecule has 2 saturated carbocycles. The van der Waals surface area contributed by atoms with E-state index in [1.807, 2.05) is 0 Å². The lowest BCUT2D eigenvalue weighted by molar-refractivity contribution is 0.0629. The minimum absolute atomic E-state index is 0.123. The molecule has 86 valence electrons. The van der Waals surface area contributed by atoms with Crippen molar-refractivity contribution < 1.29 is 9.50 Å². The Morgan fingerprint density at radius 1 is 1.19 bits per heavy atom. The highest BCUT2D eigenvalue weighted by atomic mass is 19.1. The van der Waals surface area contributed by atoms with Gasteiger partial charge in [-0.3, -0.25) is 0 Å². The molecule has 2 aliphatic carbocycles. The molecular formula is C11H14FN3O. The zero-order chi connectivity index (χ0) is 11.1. The molecule has 1 aromatic heterocycles. The molecule has 2 unspecified atom stereocenters. The van der Waals surface area contributed by atoms with Gasteiger partial charge in [-0.25, -0.2) is 14.4 Å². The molecule has 1 N–H and O–H groups in total. The Balaban J connectivity index is 1.85. The van der Waals surface area contributed by atoms with Crippen molar-refractivity contribution in [1.29, 1.82) is 0 Å². The minimum atomic E-state index is -0.423. The number of aliphatic hydroxyl groups excluding tert-OH is 1. The Morgan fingerprint density at radius 2 is 1.88 bits per heavy atom. The second kappa shape index (κ2) is 3.66. The second-order valence-corrected chi connectivity index (χ2v) is 4.55. The predicted octanol–water partition coefficient (Wildman–Crippen LogP) is 1.11. The lowest BCUT2D eigenvalue weighted by Gasteiger charge is -2.41. The van der Waals surface area contributed by atoms with Gasteiger partial charge in [-0.15, -0.1) is 0 Å². The summed E-state index contributed by atoms with van der Waals surface area (Å²) >= 11 is 0. The van der Waals surface area contributed by atoms with E-state index in [0.29, 0.717) is 12.0 Å².